The Morgan fingerprint density at radius 3 is 1.00 bits per heavy atom. The number of hydrogen-bond donors (Lipinski definition) is 3. The molecule has 58 heavy (non-hydrogen) atoms. The molecule has 4 heteroatoms. The quantitative estimate of drug-likeness (QED) is 0.0423. The molecule has 0 saturated heterocycles. The first-order valence-corrected chi connectivity index (χ1v) is 26.6. The highest BCUT2D eigenvalue weighted by molar-refractivity contribution is 5.76. The molecule has 0 spiro atoms. The van der Waals surface area contributed by atoms with Crippen molar-refractivity contribution in [1.29, 1.82) is 0 Å². The van der Waals surface area contributed by atoms with Crippen molar-refractivity contribution in [1.82, 2.24) is 5.32 Å². The van der Waals surface area contributed by atoms with Gasteiger partial charge in [-0.3, -0.25) is 4.79 Å². The van der Waals surface area contributed by atoms with Crippen molar-refractivity contribution in [3.8, 4) is 0 Å². The van der Waals surface area contributed by atoms with E-state index >= 15 is 0 Å². The van der Waals surface area contributed by atoms with Gasteiger partial charge in [0.05, 0.1) is 18.8 Å². The number of unbranched alkanes of at least 4 members (excludes halogenated alkanes) is 40. The van der Waals surface area contributed by atoms with E-state index in [4.69, 9.17) is 0 Å². The molecule has 0 saturated carbocycles. The third-order valence-electron chi connectivity index (χ3n) is 12.4. The van der Waals surface area contributed by atoms with E-state index in [-0.39, 0.29) is 12.5 Å². The van der Waals surface area contributed by atoms with Gasteiger partial charge in [-0.15, -0.1) is 0 Å². The van der Waals surface area contributed by atoms with Gasteiger partial charge in [0.25, 0.3) is 0 Å². The zero-order chi connectivity index (χ0) is 42.1. The van der Waals surface area contributed by atoms with E-state index in [9.17, 15) is 15.0 Å². The van der Waals surface area contributed by atoms with E-state index < -0.39 is 12.1 Å². The van der Waals surface area contributed by atoms with Crippen LogP contribution in [0.5, 0.6) is 0 Å². The molecular formula is C54H105NO3. The molecule has 0 radical (unpaired) electrons. The van der Waals surface area contributed by atoms with Crippen LogP contribution in [0, 0.1) is 0 Å². The van der Waals surface area contributed by atoms with Crippen LogP contribution >= 0.6 is 0 Å². The summed E-state index contributed by atoms with van der Waals surface area (Å²) in [5, 5.41) is 23.1. The van der Waals surface area contributed by atoms with E-state index in [1.165, 1.54) is 244 Å². The number of hydrogen-bond acceptors (Lipinski definition) is 3. The third-order valence-corrected chi connectivity index (χ3v) is 12.4. The molecule has 0 heterocycles. The Kier molecular flexibility index (Phi) is 49.2. The first-order chi connectivity index (χ1) is 28.7. The summed E-state index contributed by atoms with van der Waals surface area (Å²) < 4.78 is 0. The molecule has 0 aromatic rings. The molecule has 0 aromatic heterocycles. The zero-order valence-corrected chi connectivity index (χ0v) is 39.6. The molecule has 3 N–H and O–H groups in total. The molecule has 4 nitrogen and oxygen atoms in total. The molecule has 0 bridgehead atoms. The average molecular weight is 816 g/mol. The van der Waals surface area contributed by atoms with Crippen molar-refractivity contribution < 1.29 is 15.0 Å². The summed E-state index contributed by atoms with van der Waals surface area (Å²) in [6.45, 7) is 4.33. The Labute approximate surface area is 364 Å². The molecule has 0 aliphatic carbocycles. The Morgan fingerprint density at radius 2 is 0.672 bits per heavy atom. The number of nitrogens with one attached hydrogen (secondary N) is 1. The van der Waals surface area contributed by atoms with Gasteiger partial charge >= 0.3 is 0 Å². The predicted molar refractivity (Wildman–Crippen MR) is 258 cm³/mol. The van der Waals surface area contributed by atoms with Crippen LogP contribution in [0.25, 0.3) is 0 Å². The van der Waals surface area contributed by atoms with E-state index in [1.807, 2.05) is 6.08 Å². The Balaban J connectivity index is 3.50. The second kappa shape index (κ2) is 50.2. The van der Waals surface area contributed by atoms with Gasteiger partial charge in [-0.2, -0.15) is 0 Å². The van der Waals surface area contributed by atoms with E-state index in [1.54, 1.807) is 6.08 Å². The molecular weight excluding hydrogens is 711 g/mol. The minimum absolute atomic E-state index is 0.0685. The van der Waals surface area contributed by atoms with Gasteiger partial charge < -0.3 is 15.5 Å². The molecule has 2 unspecified atom stereocenters. The van der Waals surface area contributed by atoms with Crippen molar-refractivity contribution >= 4 is 5.91 Å². The Morgan fingerprint density at radius 1 is 0.397 bits per heavy atom. The first kappa shape index (κ1) is 56.9. The van der Waals surface area contributed by atoms with Crippen LogP contribution in [0.3, 0.4) is 0 Å². The number of aliphatic hydroxyl groups is 2. The van der Waals surface area contributed by atoms with Gasteiger partial charge in [0.2, 0.25) is 5.91 Å². The highest BCUT2D eigenvalue weighted by Gasteiger charge is 2.18. The lowest BCUT2D eigenvalue weighted by atomic mass is 10.0. The maximum atomic E-state index is 12.4. The van der Waals surface area contributed by atoms with E-state index in [0.717, 1.165) is 32.1 Å². The topological polar surface area (TPSA) is 69.6 Å². The second-order valence-corrected chi connectivity index (χ2v) is 18.3. The van der Waals surface area contributed by atoms with Crippen LogP contribution in [-0.4, -0.2) is 34.9 Å². The maximum Gasteiger partial charge on any atom is 0.220 e. The van der Waals surface area contributed by atoms with Crippen LogP contribution in [0.15, 0.2) is 24.3 Å². The van der Waals surface area contributed by atoms with Crippen LogP contribution < -0.4 is 5.32 Å². The molecule has 0 aliphatic heterocycles. The second-order valence-electron chi connectivity index (χ2n) is 18.3. The number of rotatable bonds is 49. The summed E-state index contributed by atoms with van der Waals surface area (Å²) in [4.78, 5) is 12.4. The fourth-order valence-electron chi connectivity index (χ4n) is 8.37. The zero-order valence-electron chi connectivity index (χ0n) is 39.6. The number of allylic oxidation sites excluding steroid dienone is 3. The van der Waals surface area contributed by atoms with Crippen LogP contribution in [0.1, 0.15) is 296 Å². The molecule has 344 valence electrons. The summed E-state index contributed by atoms with van der Waals surface area (Å²) in [5.74, 6) is -0.0685. The van der Waals surface area contributed by atoms with Gasteiger partial charge in [0.1, 0.15) is 0 Å². The van der Waals surface area contributed by atoms with Crippen LogP contribution in [0.2, 0.25) is 0 Å². The van der Waals surface area contributed by atoms with Crippen LogP contribution in [0.4, 0.5) is 0 Å². The third kappa shape index (κ3) is 45.9. The van der Waals surface area contributed by atoms with Gasteiger partial charge in [0, 0.05) is 6.42 Å². The standard InChI is InChI=1S/C54H105NO3/c1-3-5-7-9-11-13-15-17-19-21-22-23-24-25-26-27-28-29-30-31-32-34-35-37-39-41-43-45-47-49-53(57)52(51-56)55-54(58)50-48-46-44-42-40-38-36-33-20-18-16-14-12-10-8-6-4-2/h39,41,47,49,52-53,56-57H,3-38,40,42-46,48,50-51H2,1-2H3,(H,55,58)/b41-39+,49-47+. The average Bonchev–Trinajstić information content (AvgIpc) is 3.23. The van der Waals surface area contributed by atoms with Crippen molar-refractivity contribution in [2.45, 2.75) is 309 Å². The minimum Gasteiger partial charge on any atom is -0.394 e. The normalized spacial score (nSPS) is 13.0. The highest BCUT2D eigenvalue weighted by atomic mass is 16.3. The Bertz CT molecular complexity index is 840. The summed E-state index contributed by atoms with van der Waals surface area (Å²) >= 11 is 0. The van der Waals surface area contributed by atoms with Gasteiger partial charge in [0.15, 0.2) is 0 Å². The largest absolute Gasteiger partial charge is 0.394 e. The van der Waals surface area contributed by atoms with Crippen LogP contribution in [-0.2, 0) is 4.79 Å². The van der Waals surface area contributed by atoms with Gasteiger partial charge in [-0.25, -0.2) is 0 Å². The minimum atomic E-state index is -0.859. The van der Waals surface area contributed by atoms with E-state index in [0.29, 0.717) is 6.42 Å². The molecule has 2 atom stereocenters. The molecule has 0 fully saturated rings. The van der Waals surface area contributed by atoms with Crippen molar-refractivity contribution in [3.63, 3.8) is 0 Å². The van der Waals surface area contributed by atoms with Crippen molar-refractivity contribution in [2.75, 3.05) is 6.61 Å². The molecule has 0 rings (SSSR count). The monoisotopic (exact) mass is 816 g/mol. The lowest BCUT2D eigenvalue weighted by Crippen LogP contribution is -2.45. The lowest BCUT2D eigenvalue weighted by molar-refractivity contribution is -0.123. The van der Waals surface area contributed by atoms with Crippen molar-refractivity contribution in [2.24, 2.45) is 0 Å². The SMILES string of the molecule is CCCCCCCCCCCCCCCCCCCCCCCCC/C=C/CC/C=C/C(O)C(CO)NC(=O)CCCCCCCCCCCCCCCCCCC. The maximum absolute atomic E-state index is 12.4. The Hall–Kier alpha value is -1.13. The van der Waals surface area contributed by atoms with Crippen molar-refractivity contribution in [3.05, 3.63) is 24.3 Å². The number of carbonyl (C=O) groups is 1. The summed E-state index contributed by atoms with van der Waals surface area (Å²) in [7, 11) is 0. The van der Waals surface area contributed by atoms with E-state index in [2.05, 4.69) is 31.3 Å². The fraction of sp³-hybridized carbons (Fsp3) is 0.907. The number of amides is 1. The predicted octanol–water partition coefficient (Wildman–Crippen LogP) is 17.1. The highest BCUT2D eigenvalue weighted by Crippen LogP contribution is 2.17. The molecule has 0 aromatic carbocycles. The number of aliphatic hydroxyl groups excluding tert-OH is 2. The lowest BCUT2D eigenvalue weighted by Gasteiger charge is -2.19. The summed E-state index contributed by atoms with van der Waals surface area (Å²) in [6.07, 6.45) is 66.2. The molecule has 0 aliphatic rings. The summed E-state index contributed by atoms with van der Waals surface area (Å²) in [6, 6.07) is -0.635. The fourth-order valence-corrected chi connectivity index (χ4v) is 8.37. The van der Waals surface area contributed by atoms with Gasteiger partial charge in [-0.1, -0.05) is 282 Å². The summed E-state index contributed by atoms with van der Waals surface area (Å²) in [5.41, 5.74) is 0. The molecule has 1 amide bonds. The smallest absolute Gasteiger partial charge is 0.220 e. The van der Waals surface area contributed by atoms with Gasteiger partial charge in [-0.05, 0) is 32.1 Å². The first-order valence-electron chi connectivity index (χ1n) is 26.6. The number of carbonyl (C=O) groups excluding carboxylic acids is 1.